The second-order valence-electron chi connectivity index (χ2n) is 8.47. The van der Waals surface area contributed by atoms with Crippen LogP contribution < -0.4 is 10.4 Å². The molecule has 3 aromatic carbocycles. The molecule has 0 spiro atoms. The molecule has 0 heterocycles. The molecule has 0 aliphatic carbocycles. The summed E-state index contributed by atoms with van der Waals surface area (Å²) >= 11 is 0. The van der Waals surface area contributed by atoms with Crippen molar-refractivity contribution in [3.63, 3.8) is 0 Å². The molecule has 0 atom stereocenters. The molecule has 0 unspecified atom stereocenters. The summed E-state index contributed by atoms with van der Waals surface area (Å²) in [7, 11) is 0. The number of unbranched alkanes of at least 4 members (excludes halogenated alkanes) is 5. The van der Waals surface area contributed by atoms with E-state index in [1.165, 1.54) is 24.3 Å². The van der Waals surface area contributed by atoms with E-state index in [2.05, 4.69) is 12.3 Å². The van der Waals surface area contributed by atoms with Gasteiger partial charge in [-0.2, -0.15) is 0 Å². The molecule has 178 valence electrons. The Morgan fingerprint density at radius 2 is 1.21 bits per heavy atom. The minimum Gasteiger partial charge on any atom is -0.372 e. The van der Waals surface area contributed by atoms with Gasteiger partial charge >= 0.3 is 0 Å². The number of carbonyl (C=O) groups is 2. The van der Waals surface area contributed by atoms with E-state index >= 15 is 0 Å². The van der Waals surface area contributed by atoms with E-state index in [-0.39, 0.29) is 5.91 Å². The minimum absolute atomic E-state index is 0.210. The largest absolute Gasteiger partial charge is 0.372 e. The lowest BCUT2D eigenvalue weighted by molar-refractivity contribution is -0.138. The average Bonchev–Trinajstić information content (AvgIpc) is 2.90. The summed E-state index contributed by atoms with van der Waals surface area (Å²) in [5, 5.41) is 13.0. The fourth-order valence-corrected chi connectivity index (χ4v) is 3.99. The van der Waals surface area contributed by atoms with E-state index < -0.39 is 11.5 Å². The molecule has 0 bridgehead atoms. The van der Waals surface area contributed by atoms with Crippen molar-refractivity contribution in [1.29, 1.82) is 0 Å². The molecule has 0 saturated heterocycles. The van der Waals surface area contributed by atoms with Crippen molar-refractivity contribution in [2.45, 2.75) is 57.5 Å². The van der Waals surface area contributed by atoms with Gasteiger partial charge in [0, 0.05) is 6.42 Å². The Morgan fingerprint density at radius 3 is 1.74 bits per heavy atom. The van der Waals surface area contributed by atoms with Crippen LogP contribution in [0.4, 0.5) is 5.69 Å². The summed E-state index contributed by atoms with van der Waals surface area (Å²) in [5.41, 5.74) is 2.17. The molecule has 3 rings (SSSR count). The van der Waals surface area contributed by atoms with Crippen LogP contribution in [0.15, 0.2) is 91.0 Å². The number of hydrogen-bond acceptors (Lipinski definition) is 3. The number of para-hydroxylation sites is 1. The van der Waals surface area contributed by atoms with Gasteiger partial charge in [-0.3, -0.25) is 15.0 Å². The van der Waals surface area contributed by atoms with Gasteiger partial charge in [-0.15, -0.1) is 0 Å². The average molecular weight is 459 g/mol. The number of amides is 2. The molecule has 0 radical (unpaired) electrons. The summed E-state index contributed by atoms with van der Waals surface area (Å²) in [4.78, 5) is 26.8. The van der Waals surface area contributed by atoms with Crippen LogP contribution in [0.3, 0.4) is 0 Å². The van der Waals surface area contributed by atoms with Gasteiger partial charge in [-0.05, 0) is 29.7 Å². The van der Waals surface area contributed by atoms with E-state index in [1.54, 1.807) is 60.7 Å². The van der Waals surface area contributed by atoms with Crippen molar-refractivity contribution in [1.82, 2.24) is 5.43 Å². The number of rotatable bonds is 11. The van der Waals surface area contributed by atoms with E-state index in [0.29, 0.717) is 23.2 Å². The molecule has 0 fully saturated rings. The Hall–Kier alpha value is -3.44. The second kappa shape index (κ2) is 12.7. The molecular weight excluding hydrogens is 424 g/mol. The van der Waals surface area contributed by atoms with Crippen LogP contribution in [-0.4, -0.2) is 16.9 Å². The molecule has 0 aromatic heterocycles. The zero-order chi connectivity index (χ0) is 24.2. The predicted molar refractivity (Wildman–Crippen MR) is 136 cm³/mol. The van der Waals surface area contributed by atoms with Gasteiger partial charge < -0.3 is 5.11 Å². The maximum Gasteiger partial charge on any atom is 0.280 e. The molecule has 3 aromatic rings. The van der Waals surface area contributed by atoms with Crippen molar-refractivity contribution in [2.24, 2.45) is 0 Å². The monoisotopic (exact) mass is 458 g/mol. The summed E-state index contributed by atoms with van der Waals surface area (Å²) in [6, 6.07) is 26.6. The first-order chi connectivity index (χ1) is 16.6. The first-order valence-corrected chi connectivity index (χ1v) is 12.1. The third-order valence-corrected chi connectivity index (χ3v) is 5.93. The van der Waals surface area contributed by atoms with Crippen LogP contribution in [0.5, 0.6) is 0 Å². The van der Waals surface area contributed by atoms with Crippen molar-refractivity contribution < 1.29 is 14.7 Å². The van der Waals surface area contributed by atoms with Crippen molar-refractivity contribution in [3.05, 3.63) is 102 Å². The van der Waals surface area contributed by atoms with Gasteiger partial charge in [-0.25, -0.2) is 5.01 Å². The van der Waals surface area contributed by atoms with E-state index in [0.717, 1.165) is 19.3 Å². The van der Waals surface area contributed by atoms with Crippen LogP contribution in [0.2, 0.25) is 0 Å². The highest BCUT2D eigenvalue weighted by Crippen LogP contribution is 2.30. The zero-order valence-corrected chi connectivity index (χ0v) is 19.8. The molecule has 5 heteroatoms. The first kappa shape index (κ1) is 25.2. The van der Waals surface area contributed by atoms with Gasteiger partial charge in [0.25, 0.3) is 5.91 Å². The Bertz CT molecular complexity index is 984. The normalized spacial score (nSPS) is 11.1. The highest BCUT2D eigenvalue weighted by molar-refractivity contribution is 5.99. The molecular formula is C29H34N2O3. The number of nitrogens with one attached hydrogen (secondary N) is 1. The summed E-state index contributed by atoms with van der Waals surface area (Å²) in [6.07, 6.45) is 6.70. The van der Waals surface area contributed by atoms with Crippen LogP contribution >= 0.6 is 0 Å². The van der Waals surface area contributed by atoms with Crippen LogP contribution in [0, 0.1) is 0 Å². The molecule has 0 saturated carbocycles. The number of nitrogens with zero attached hydrogens (tertiary/aromatic N) is 1. The highest BCUT2D eigenvalue weighted by atomic mass is 16.3. The van der Waals surface area contributed by atoms with Crippen LogP contribution in [-0.2, 0) is 15.2 Å². The summed E-state index contributed by atoms with van der Waals surface area (Å²) < 4.78 is 0. The maximum absolute atomic E-state index is 13.6. The molecule has 2 N–H and O–H groups in total. The highest BCUT2D eigenvalue weighted by Gasteiger charge is 2.41. The van der Waals surface area contributed by atoms with Gasteiger partial charge in [0.05, 0.1) is 5.69 Å². The zero-order valence-electron chi connectivity index (χ0n) is 19.8. The number of hydrazine groups is 1. The Balaban J connectivity index is 1.84. The third kappa shape index (κ3) is 6.33. The fraction of sp³-hybridized carbons (Fsp3) is 0.310. The smallest absolute Gasteiger partial charge is 0.280 e. The lowest BCUT2D eigenvalue weighted by Crippen LogP contribution is -2.54. The van der Waals surface area contributed by atoms with Gasteiger partial charge in [0.1, 0.15) is 0 Å². The Labute approximate surface area is 202 Å². The number of benzene rings is 3. The predicted octanol–water partition coefficient (Wildman–Crippen LogP) is 5.74. The van der Waals surface area contributed by atoms with Crippen LogP contribution in [0.25, 0.3) is 0 Å². The number of anilines is 1. The van der Waals surface area contributed by atoms with E-state index in [9.17, 15) is 14.7 Å². The number of aliphatic hydroxyl groups is 1. The maximum atomic E-state index is 13.6. The van der Waals surface area contributed by atoms with Crippen molar-refractivity contribution in [2.75, 3.05) is 5.01 Å². The fourth-order valence-electron chi connectivity index (χ4n) is 3.99. The van der Waals surface area contributed by atoms with Crippen molar-refractivity contribution >= 4 is 17.5 Å². The SMILES string of the molecule is CCCCCCCCC(=O)N(NC(=O)C(O)(c1ccccc1)c1ccccc1)c1ccccc1. The Morgan fingerprint density at radius 1 is 0.735 bits per heavy atom. The van der Waals surface area contributed by atoms with Gasteiger partial charge in [-0.1, -0.05) is 118 Å². The summed E-state index contributed by atoms with van der Waals surface area (Å²) in [5.74, 6) is -0.899. The minimum atomic E-state index is -1.96. The molecule has 5 nitrogen and oxygen atoms in total. The molecule has 0 aliphatic heterocycles. The van der Waals surface area contributed by atoms with Gasteiger partial charge in [0.2, 0.25) is 5.91 Å². The van der Waals surface area contributed by atoms with Gasteiger partial charge in [0.15, 0.2) is 5.60 Å². The topological polar surface area (TPSA) is 69.6 Å². The lowest BCUT2D eigenvalue weighted by atomic mass is 9.85. The summed E-state index contributed by atoms with van der Waals surface area (Å²) in [6.45, 7) is 2.18. The molecule has 0 aliphatic rings. The third-order valence-electron chi connectivity index (χ3n) is 5.93. The van der Waals surface area contributed by atoms with E-state index in [4.69, 9.17) is 0 Å². The first-order valence-electron chi connectivity index (χ1n) is 12.1. The Kier molecular flexibility index (Phi) is 9.41. The molecule has 2 amide bonds. The number of carbonyl (C=O) groups excluding carboxylic acids is 2. The molecule has 34 heavy (non-hydrogen) atoms. The van der Waals surface area contributed by atoms with Crippen molar-refractivity contribution in [3.8, 4) is 0 Å². The number of hydrogen-bond donors (Lipinski definition) is 2. The second-order valence-corrected chi connectivity index (χ2v) is 8.47. The quantitative estimate of drug-likeness (QED) is 0.284. The van der Waals surface area contributed by atoms with Crippen LogP contribution in [0.1, 0.15) is 63.0 Å². The standard InChI is InChI=1S/C29H34N2O3/c1-2-3-4-5-6-16-23-27(32)31(26-21-14-9-15-22-26)30-28(33)29(34,24-17-10-7-11-18-24)25-19-12-8-13-20-25/h7-15,17-22,34H,2-6,16,23H2,1H3,(H,30,33). The van der Waals surface area contributed by atoms with E-state index in [1.807, 2.05) is 30.3 Å². The lowest BCUT2D eigenvalue weighted by Gasteiger charge is -2.32.